The minimum Gasteiger partial charge on any atom is -0.504 e. The third-order valence-electron chi connectivity index (χ3n) is 11.1. The van der Waals surface area contributed by atoms with E-state index in [1.165, 1.54) is 48.8 Å². The van der Waals surface area contributed by atoms with Crippen LogP contribution in [0.3, 0.4) is 0 Å². The molecule has 8 heteroatoms. The van der Waals surface area contributed by atoms with Crippen LogP contribution in [-0.4, -0.2) is 46.0 Å². The Kier molecular flexibility index (Phi) is 10.2. The number of ether oxygens (including phenoxy) is 1. The Balaban J connectivity index is 1.12. The van der Waals surface area contributed by atoms with Gasteiger partial charge in [0.2, 0.25) is 0 Å². The number of hydrogen-bond acceptors (Lipinski definition) is 8. The first kappa shape index (κ1) is 33.4. The number of ketones is 1. The Labute approximate surface area is 279 Å². The summed E-state index contributed by atoms with van der Waals surface area (Å²) in [6.07, 6.45) is 16.7. The summed E-state index contributed by atoms with van der Waals surface area (Å²) in [7, 11) is 0. The molecule has 1 spiro atoms. The summed E-state index contributed by atoms with van der Waals surface area (Å²) in [4.78, 5) is 19.5. The number of aryl methyl sites for hydroxylation is 1. The maximum absolute atomic E-state index is 12.5. The van der Waals surface area contributed by atoms with Crippen LogP contribution in [0.1, 0.15) is 113 Å². The van der Waals surface area contributed by atoms with Crippen molar-refractivity contribution >= 4 is 11.5 Å². The Hall–Kier alpha value is -3.46. The maximum atomic E-state index is 12.5. The number of nitrogens with zero attached hydrogens (tertiary/aromatic N) is 2. The molecule has 2 heterocycles. The highest BCUT2D eigenvalue weighted by Crippen LogP contribution is 2.62. The van der Waals surface area contributed by atoms with E-state index in [2.05, 4.69) is 42.4 Å². The molecule has 2 fully saturated rings. The normalized spacial score (nSPS) is 22.1. The Morgan fingerprint density at radius 3 is 2.70 bits per heavy atom. The van der Waals surface area contributed by atoms with Crippen LogP contribution < -0.4 is 16.2 Å². The topological polar surface area (TPSA) is 134 Å². The van der Waals surface area contributed by atoms with Crippen LogP contribution in [0.15, 0.2) is 71.0 Å². The molecule has 6 N–H and O–H groups in total. The summed E-state index contributed by atoms with van der Waals surface area (Å²) in [5.74, 6) is 0.523. The molecule has 2 atom stereocenters. The first-order valence-electron chi connectivity index (χ1n) is 17.7. The zero-order valence-corrected chi connectivity index (χ0v) is 27.9. The van der Waals surface area contributed by atoms with Crippen LogP contribution in [0.25, 0.3) is 0 Å². The molecule has 2 aromatic rings. The first-order valence-corrected chi connectivity index (χ1v) is 17.7. The number of hydrogen-bond donors (Lipinski definition) is 4. The number of aliphatic hydroxyl groups excluding tert-OH is 1. The minimum atomic E-state index is -0.566. The van der Waals surface area contributed by atoms with Gasteiger partial charge in [-0.3, -0.25) is 9.79 Å². The van der Waals surface area contributed by atoms with Crippen molar-refractivity contribution in [1.82, 2.24) is 4.90 Å². The van der Waals surface area contributed by atoms with Crippen molar-refractivity contribution < 1.29 is 19.7 Å². The molecule has 6 rings (SSSR count). The second kappa shape index (κ2) is 14.3. The highest BCUT2D eigenvalue weighted by atomic mass is 16.5. The van der Waals surface area contributed by atoms with Crippen LogP contribution in [0, 0.1) is 5.41 Å². The molecule has 0 aromatic heterocycles. The highest BCUT2D eigenvalue weighted by Gasteiger charge is 2.53. The smallest absolute Gasteiger partial charge is 0.163 e. The van der Waals surface area contributed by atoms with Gasteiger partial charge in [0.15, 0.2) is 18.2 Å². The average molecular weight is 641 g/mol. The van der Waals surface area contributed by atoms with Gasteiger partial charge in [-0.05, 0) is 84.8 Å². The summed E-state index contributed by atoms with van der Waals surface area (Å²) >= 11 is 0. The number of carbonyl (C=O) groups excluding carboxylic acids is 1. The Bertz CT molecular complexity index is 1540. The van der Waals surface area contributed by atoms with E-state index in [4.69, 9.17) is 21.2 Å². The van der Waals surface area contributed by atoms with Crippen LogP contribution in [0.2, 0.25) is 0 Å². The number of phenols is 1. The van der Waals surface area contributed by atoms with E-state index in [1.54, 1.807) is 6.07 Å². The molecule has 2 aliphatic heterocycles. The number of phenolic OH excluding ortho intramolecular Hbond substituents is 1. The van der Waals surface area contributed by atoms with Crippen molar-refractivity contribution in [3.63, 3.8) is 0 Å². The molecule has 8 nitrogen and oxygen atoms in total. The van der Waals surface area contributed by atoms with Crippen molar-refractivity contribution in [2.24, 2.45) is 21.9 Å². The summed E-state index contributed by atoms with van der Waals surface area (Å²) in [6.45, 7) is 3.03. The fourth-order valence-corrected chi connectivity index (χ4v) is 8.48. The minimum absolute atomic E-state index is 0.0564. The predicted octanol–water partition coefficient (Wildman–Crippen LogP) is 6.70. The van der Waals surface area contributed by atoms with E-state index in [0.29, 0.717) is 37.0 Å². The van der Waals surface area contributed by atoms with Gasteiger partial charge in [-0.2, -0.15) is 0 Å². The lowest BCUT2D eigenvalue weighted by Gasteiger charge is -2.35. The van der Waals surface area contributed by atoms with Crippen LogP contribution >= 0.6 is 0 Å². The number of unbranched alkanes of at least 4 members (excludes halogenated alkanes) is 2. The summed E-state index contributed by atoms with van der Waals surface area (Å²) in [5.41, 5.74) is 19.2. The van der Waals surface area contributed by atoms with Gasteiger partial charge < -0.3 is 31.3 Å². The van der Waals surface area contributed by atoms with E-state index in [-0.39, 0.29) is 30.1 Å². The molecule has 252 valence electrons. The number of fused-ring (bicyclic) bond motifs is 1. The summed E-state index contributed by atoms with van der Waals surface area (Å²) in [6, 6.07) is 13.8. The second-order valence-electron chi connectivity index (χ2n) is 14.5. The van der Waals surface area contributed by atoms with Gasteiger partial charge in [-0.1, -0.05) is 69.4 Å². The Morgan fingerprint density at radius 2 is 1.91 bits per heavy atom. The van der Waals surface area contributed by atoms with E-state index in [9.17, 15) is 15.0 Å². The molecule has 0 amide bonds. The lowest BCUT2D eigenvalue weighted by Crippen LogP contribution is -2.29. The van der Waals surface area contributed by atoms with Gasteiger partial charge >= 0.3 is 0 Å². The molecule has 2 aliphatic carbocycles. The fourth-order valence-electron chi connectivity index (χ4n) is 8.48. The zero-order valence-electron chi connectivity index (χ0n) is 27.9. The first-order chi connectivity index (χ1) is 22.7. The second-order valence-corrected chi connectivity index (χ2v) is 14.5. The fraction of sp³-hybridized carbons (Fsp3) is 0.538. The van der Waals surface area contributed by atoms with E-state index in [1.807, 2.05) is 18.2 Å². The van der Waals surface area contributed by atoms with Gasteiger partial charge in [0, 0.05) is 36.2 Å². The zero-order chi connectivity index (χ0) is 33.0. The van der Waals surface area contributed by atoms with Crippen LogP contribution in [0.4, 0.5) is 0 Å². The molecule has 2 unspecified atom stereocenters. The monoisotopic (exact) mass is 640 g/mol. The highest BCUT2D eigenvalue weighted by molar-refractivity contribution is 6.10. The summed E-state index contributed by atoms with van der Waals surface area (Å²) < 4.78 is 6.15. The van der Waals surface area contributed by atoms with E-state index in [0.717, 1.165) is 48.9 Å². The van der Waals surface area contributed by atoms with E-state index >= 15 is 0 Å². The summed E-state index contributed by atoms with van der Waals surface area (Å²) in [5, 5.41) is 20.7. The maximum Gasteiger partial charge on any atom is 0.163 e. The standard InChI is InChI=1S/C39H52N4O4/c1-2-3-4-10-30(44)21-31(45)13-11-27-12-14-35(46)36(19-27)47-26-43-23-32-33(22-42-34(32)24-43)39(18-17-38(25-39)15-5-6-16-38)29-9-7-8-28(20-29)37(40)41/h7-9,12,14,19-20,22-23,30,37,44,46H,2-6,10-11,13,15-18,21,24-26,40-41H2,1H3. The van der Waals surface area contributed by atoms with Crippen molar-refractivity contribution in [1.29, 1.82) is 0 Å². The third kappa shape index (κ3) is 7.35. The predicted molar refractivity (Wildman–Crippen MR) is 186 cm³/mol. The Morgan fingerprint density at radius 1 is 1.09 bits per heavy atom. The molecule has 2 aromatic carbocycles. The van der Waals surface area contributed by atoms with Gasteiger partial charge in [0.05, 0.1) is 24.5 Å². The number of aliphatic imine (C=N–C) groups is 1. The van der Waals surface area contributed by atoms with Crippen molar-refractivity contribution in [2.45, 2.75) is 114 Å². The van der Waals surface area contributed by atoms with Gasteiger partial charge in [-0.15, -0.1) is 0 Å². The SMILES string of the molecule is CCCCCC(O)CC(=O)CCc1ccc(O)c(OCN2C=C3C(C4(c5cccc(C(N)N)c5)CCC5(CCCC5)C4)=CN=C3C2)c1. The number of allylic oxidation sites excluding steroid dienone is 1. The molecule has 0 radical (unpaired) electrons. The van der Waals surface area contributed by atoms with Gasteiger partial charge in [0.1, 0.15) is 5.78 Å². The average Bonchev–Trinajstić information content (AvgIpc) is 3.86. The van der Waals surface area contributed by atoms with Crippen molar-refractivity contribution in [3.8, 4) is 11.5 Å². The van der Waals surface area contributed by atoms with Gasteiger partial charge in [-0.25, -0.2) is 0 Å². The molecule has 47 heavy (non-hydrogen) atoms. The molecule has 2 saturated carbocycles. The number of rotatable bonds is 15. The number of aliphatic hydroxyl groups is 1. The molecular formula is C39H52N4O4. The molecule has 0 saturated heterocycles. The van der Waals surface area contributed by atoms with Crippen LogP contribution in [-0.2, 0) is 16.6 Å². The largest absolute Gasteiger partial charge is 0.504 e. The van der Waals surface area contributed by atoms with E-state index < -0.39 is 12.3 Å². The number of benzene rings is 2. The lowest BCUT2D eigenvalue weighted by atomic mass is 9.68. The molecular weight excluding hydrogens is 588 g/mol. The third-order valence-corrected chi connectivity index (χ3v) is 11.1. The molecule has 4 aliphatic rings. The lowest BCUT2D eigenvalue weighted by molar-refractivity contribution is -0.121. The van der Waals surface area contributed by atoms with Crippen LogP contribution in [0.5, 0.6) is 11.5 Å². The molecule has 0 bridgehead atoms. The van der Waals surface area contributed by atoms with Crippen molar-refractivity contribution in [2.75, 3.05) is 13.3 Å². The number of nitrogens with two attached hydrogens (primary N) is 2. The van der Waals surface area contributed by atoms with Crippen molar-refractivity contribution in [3.05, 3.63) is 82.7 Å². The van der Waals surface area contributed by atoms with Gasteiger partial charge in [0.25, 0.3) is 0 Å². The number of carbonyl (C=O) groups is 1. The number of Topliss-reactive ketones (excluding diaryl/α,β-unsaturated/α-hetero) is 1. The quantitative estimate of drug-likeness (QED) is 0.126. The number of aromatic hydroxyl groups is 1.